The van der Waals surface area contributed by atoms with Crippen molar-refractivity contribution in [3.63, 3.8) is 0 Å². The molecule has 1 aliphatic heterocycles. The third-order valence-corrected chi connectivity index (χ3v) is 5.28. The molecule has 0 saturated heterocycles. The molecule has 1 aliphatic carbocycles. The molecule has 1 saturated carbocycles. The van der Waals surface area contributed by atoms with Crippen molar-refractivity contribution in [2.45, 2.75) is 31.0 Å². The second kappa shape index (κ2) is 6.37. The Morgan fingerprint density at radius 2 is 1.93 bits per heavy atom. The van der Waals surface area contributed by atoms with Crippen LogP contribution in [-0.2, 0) is 0 Å². The van der Waals surface area contributed by atoms with E-state index >= 15 is 0 Å². The number of amides is 2. The Bertz CT molecular complexity index is 915. The maximum atomic E-state index is 14.5. The fourth-order valence-corrected chi connectivity index (χ4v) is 3.92. The maximum Gasteiger partial charge on any atom is 0.254 e. The van der Waals surface area contributed by atoms with Crippen LogP contribution in [0.3, 0.4) is 0 Å². The van der Waals surface area contributed by atoms with E-state index in [9.17, 15) is 14.0 Å². The number of hydrogen-bond donors (Lipinski definition) is 2. The van der Waals surface area contributed by atoms with E-state index in [-0.39, 0.29) is 29.7 Å². The minimum absolute atomic E-state index is 0.258. The second-order valence-corrected chi connectivity index (χ2v) is 6.95. The first-order valence-corrected chi connectivity index (χ1v) is 9.08. The van der Waals surface area contributed by atoms with E-state index in [4.69, 9.17) is 4.74 Å². The lowest BCUT2D eigenvalue weighted by Gasteiger charge is -2.18. The summed E-state index contributed by atoms with van der Waals surface area (Å²) in [5, 5.41) is 5.33. The van der Waals surface area contributed by atoms with Crippen molar-refractivity contribution in [2.75, 3.05) is 13.6 Å². The van der Waals surface area contributed by atoms with E-state index in [0.717, 1.165) is 5.56 Å². The standard InChI is InChI=1S/C21H21FN2O3/c1-3-24-19(25)13-9-14-17(12-7-5-4-6-8-12)21(11-16(21)22)27-18(14)15(10-13)20(26)23-2/h4-10,16-17H,3,11H2,1-2H3,(H,23,26)(H,24,25)/t16?,17-,21?/m0/s1. The van der Waals surface area contributed by atoms with Gasteiger partial charge in [-0.25, -0.2) is 4.39 Å². The third-order valence-electron chi connectivity index (χ3n) is 5.28. The van der Waals surface area contributed by atoms with Crippen LogP contribution in [0.2, 0.25) is 0 Å². The Hall–Kier alpha value is -2.89. The van der Waals surface area contributed by atoms with Crippen molar-refractivity contribution in [3.8, 4) is 5.75 Å². The zero-order valence-electron chi connectivity index (χ0n) is 15.2. The summed E-state index contributed by atoms with van der Waals surface area (Å²) < 4.78 is 20.5. The highest BCUT2D eigenvalue weighted by Gasteiger charge is 2.68. The Balaban J connectivity index is 1.91. The number of carbonyl (C=O) groups excluding carboxylic acids is 2. The predicted molar refractivity (Wildman–Crippen MR) is 99.0 cm³/mol. The monoisotopic (exact) mass is 368 g/mol. The summed E-state index contributed by atoms with van der Waals surface area (Å²) in [5.41, 5.74) is 1.22. The summed E-state index contributed by atoms with van der Waals surface area (Å²) in [6.07, 6.45) is -0.842. The Labute approximate surface area is 156 Å². The number of ether oxygens (including phenoxy) is 1. The largest absolute Gasteiger partial charge is 0.482 e. The van der Waals surface area contributed by atoms with E-state index in [1.54, 1.807) is 6.07 Å². The van der Waals surface area contributed by atoms with Crippen LogP contribution in [0.1, 0.15) is 51.1 Å². The number of rotatable bonds is 4. The van der Waals surface area contributed by atoms with Crippen LogP contribution in [0.5, 0.6) is 5.75 Å². The van der Waals surface area contributed by atoms with Crippen molar-refractivity contribution >= 4 is 11.8 Å². The van der Waals surface area contributed by atoms with Gasteiger partial charge in [0.1, 0.15) is 11.9 Å². The van der Waals surface area contributed by atoms with Crippen LogP contribution in [0, 0.1) is 0 Å². The van der Waals surface area contributed by atoms with Crippen LogP contribution in [0.4, 0.5) is 4.39 Å². The van der Waals surface area contributed by atoms with E-state index in [2.05, 4.69) is 10.6 Å². The van der Waals surface area contributed by atoms with E-state index in [0.29, 0.717) is 23.4 Å². The minimum atomic E-state index is -1.11. The number of carbonyl (C=O) groups is 2. The minimum Gasteiger partial charge on any atom is -0.482 e. The van der Waals surface area contributed by atoms with Gasteiger partial charge in [-0.3, -0.25) is 9.59 Å². The average Bonchev–Trinajstić information content (AvgIpc) is 3.19. The molecular formula is C21H21FN2O3. The molecule has 2 amide bonds. The molecule has 0 bridgehead atoms. The molecule has 0 aromatic heterocycles. The first kappa shape index (κ1) is 17.5. The Morgan fingerprint density at radius 3 is 2.52 bits per heavy atom. The molecule has 0 radical (unpaired) electrons. The molecule has 2 aromatic rings. The molecule has 4 rings (SSSR count). The normalized spacial score (nSPS) is 24.9. The molecule has 1 heterocycles. The molecule has 6 heteroatoms. The van der Waals surface area contributed by atoms with Crippen LogP contribution in [0.25, 0.3) is 0 Å². The van der Waals surface area contributed by atoms with Gasteiger partial charge in [0.25, 0.3) is 11.8 Å². The average molecular weight is 368 g/mol. The van der Waals surface area contributed by atoms with Crippen LogP contribution >= 0.6 is 0 Å². The van der Waals surface area contributed by atoms with Crippen molar-refractivity contribution in [1.82, 2.24) is 10.6 Å². The lowest BCUT2D eigenvalue weighted by molar-refractivity contribution is 0.0953. The van der Waals surface area contributed by atoms with Gasteiger partial charge < -0.3 is 15.4 Å². The van der Waals surface area contributed by atoms with Gasteiger partial charge in [0.2, 0.25) is 0 Å². The number of fused-ring (bicyclic) bond motifs is 1. The first-order valence-electron chi connectivity index (χ1n) is 9.08. The van der Waals surface area contributed by atoms with E-state index < -0.39 is 11.8 Å². The van der Waals surface area contributed by atoms with E-state index in [1.807, 2.05) is 37.3 Å². The Kier molecular flexibility index (Phi) is 4.13. The molecule has 3 atom stereocenters. The number of nitrogens with one attached hydrogen (secondary N) is 2. The molecule has 1 spiro atoms. The molecule has 5 nitrogen and oxygen atoms in total. The molecule has 1 fully saturated rings. The highest BCUT2D eigenvalue weighted by molar-refractivity contribution is 6.02. The third kappa shape index (κ3) is 2.67. The summed E-state index contributed by atoms with van der Waals surface area (Å²) >= 11 is 0. The molecule has 2 N–H and O–H groups in total. The fourth-order valence-electron chi connectivity index (χ4n) is 3.92. The number of hydrogen-bond acceptors (Lipinski definition) is 3. The second-order valence-electron chi connectivity index (χ2n) is 6.95. The summed E-state index contributed by atoms with van der Waals surface area (Å²) in [7, 11) is 1.52. The highest BCUT2D eigenvalue weighted by Crippen LogP contribution is 2.62. The Morgan fingerprint density at radius 1 is 1.22 bits per heavy atom. The summed E-state index contributed by atoms with van der Waals surface area (Å²) in [4.78, 5) is 24.9. The van der Waals surface area contributed by atoms with Crippen molar-refractivity contribution in [3.05, 3.63) is 64.7 Å². The number of halogens is 1. The molecule has 2 unspecified atom stereocenters. The summed E-state index contributed by atoms with van der Waals surface area (Å²) in [6, 6.07) is 12.8. The SMILES string of the molecule is CCNC(=O)c1cc(C(=O)NC)c2c(c1)[C@H](c1ccccc1)C1(CC1F)O2. The van der Waals surface area contributed by atoms with Crippen LogP contribution < -0.4 is 15.4 Å². The molecule has 2 aliphatic rings. The predicted octanol–water partition coefficient (Wildman–Crippen LogP) is 2.80. The zero-order valence-corrected chi connectivity index (χ0v) is 15.2. The summed E-state index contributed by atoms with van der Waals surface area (Å²) in [5.74, 6) is -0.624. The van der Waals surface area contributed by atoms with Crippen LogP contribution in [-0.4, -0.2) is 37.2 Å². The lowest BCUT2D eigenvalue weighted by Crippen LogP contribution is -2.25. The van der Waals surface area contributed by atoms with Gasteiger partial charge >= 0.3 is 0 Å². The fraction of sp³-hybridized carbons (Fsp3) is 0.333. The van der Waals surface area contributed by atoms with Crippen molar-refractivity contribution in [2.24, 2.45) is 0 Å². The van der Waals surface area contributed by atoms with Gasteiger partial charge in [-0.15, -0.1) is 0 Å². The highest BCUT2D eigenvalue weighted by atomic mass is 19.1. The van der Waals surface area contributed by atoms with Crippen molar-refractivity contribution in [1.29, 1.82) is 0 Å². The first-order chi connectivity index (χ1) is 13.0. The number of alkyl halides is 1. The molecular weight excluding hydrogens is 347 g/mol. The van der Waals surface area contributed by atoms with Crippen LogP contribution in [0.15, 0.2) is 42.5 Å². The van der Waals surface area contributed by atoms with Crippen molar-refractivity contribution < 1.29 is 18.7 Å². The lowest BCUT2D eigenvalue weighted by atomic mass is 9.85. The smallest absolute Gasteiger partial charge is 0.254 e. The van der Waals surface area contributed by atoms with Gasteiger partial charge in [0.05, 0.1) is 11.5 Å². The van der Waals surface area contributed by atoms with E-state index in [1.165, 1.54) is 13.1 Å². The van der Waals surface area contributed by atoms with Gasteiger partial charge in [-0.2, -0.15) is 0 Å². The molecule has 27 heavy (non-hydrogen) atoms. The van der Waals surface area contributed by atoms with Gasteiger partial charge in [0, 0.05) is 31.1 Å². The van der Waals surface area contributed by atoms with Gasteiger partial charge in [-0.05, 0) is 24.6 Å². The topological polar surface area (TPSA) is 67.4 Å². The zero-order chi connectivity index (χ0) is 19.2. The van der Waals surface area contributed by atoms with Gasteiger partial charge in [-0.1, -0.05) is 30.3 Å². The summed E-state index contributed by atoms with van der Waals surface area (Å²) in [6.45, 7) is 2.30. The number of benzene rings is 2. The maximum absolute atomic E-state index is 14.5. The molecule has 2 aromatic carbocycles. The van der Waals surface area contributed by atoms with Gasteiger partial charge in [0.15, 0.2) is 5.60 Å². The molecule has 140 valence electrons. The quantitative estimate of drug-likeness (QED) is 0.872.